The number of piperidine rings is 2. The van der Waals surface area contributed by atoms with Crippen LogP contribution in [0.2, 0.25) is 0 Å². The van der Waals surface area contributed by atoms with E-state index in [-0.39, 0.29) is 5.97 Å². The van der Waals surface area contributed by atoms with Crippen LogP contribution in [0.5, 0.6) is 0 Å². The van der Waals surface area contributed by atoms with E-state index in [4.69, 9.17) is 4.74 Å². The lowest BCUT2D eigenvalue weighted by Gasteiger charge is -2.36. The van der Waals surface area contributed by atoms with Gasteiger partial charge < -0.3 is 9.64 Å². The summed E-state index contributed by atoms with van der Waals surface area (Å²) in [5.41, 5.74) is 0. The van der Waals surface area contributed by atoms with E-state index in [0.717, 1.165) is 23.8 Å². The van der Waals surface area contributed by atoms with E-state index in [9.17, 15) is 4.79 Å². The van der Waals surface area contributed by atoms with Crippen LogP contribution in [0.15, 0.2) is 0 Å². The molecule has 0 aromatic rings. The van der Waals surface area contributed by atoms with Gasteiger partial charge in [-0.25, -0.2) is 0 Å². The number of carbonyl (C=O) groups excluding carboxylic acids is 1. The van der Waals surface area contributed by atoms with Crippen LogP contribution in [0.1, 0.15) is 39.5 Å². The Bertz CT molecular complexity index is 336. The molecule has 0 aromatic heterocycles. The zero-order chi connectivity index (χ0) is 15.9. The van der Waals surface area contributed by atoms with E-state index >= 15 is 0 Å². The van der Waals surface area contributed by atoms with E-state index in [1.54, 1.807) is 0 Å². The van der Waals surface area contributed by atoms with Crippen LogP contribution in [0.4, 0.5) is 0 Å². The molecular formula is C17H31BrN2O2. The molecular weight excluding hydrogens is 344 g/mol. The second-order valence-electron chi connectivity index (χ2n) is 7.27. The largest absolute Gasteiger partial charge is 0.464 e. The van der Waals surface area contributed by atoms with Crippen molar-refractivity contribution in [1.82, 2.24) is 9.80 Å². The van der Waals surface area contributed by atoms with Gasteiger partial charge in [0, 0.05) is 11.4 Å². The highest BCUT2D eigenvalue weighted by Crippen LogP contribution is 2.22. The first-order valence-electron chi connectivity index (χ1n) is 8.77. The van der Waals surface area contributed by atoms with Gasteiger partial charge in [0.05, 0.1) is 13.2 Å². The van der Waals surface area contributed by atoms with Crippen molar-refractivity contribution in [3.05, 3.63) is 0 Å². The van der Waals surface area contributed by atoms with Crippen molar-refractivity contribution in [1.29, 1.82) is 0 Å². The van der Waals surface area contributed by atoms with Crippen molar-refractivity contribution in [3.8, 4) is 0 Å². The highest BCUT2D eigenvalue weighted by molar-refractivity contribution is 9.09. The molecule has 0 spiro atoms. The Morgan fingerprint density at radius 1 is 1.09 bits per heavy atom. The Morgan fingerprint density at radius 2 is 1.68 bits per heavy atom. The monoisotopic (exact) mass is 374 g/mol. The summed E-state index contributed by atoms with van der Waals surface area (Å²) in [6.45, 7) is 10.9. The maximum absolute atomic E-state index is 11.8. The summed E-state index contributed by atoms with van der Waals surface area (Å²) >= 11 is 3.72. The number of esters is 1. The number of hydrogen-bond donors (Lipinski definition) is 0. The summed E-state index contributed by atoms with van der Waals surface area (Å²) in [7, 11) is 0. The van der Waals surface area contributed by atoms with Crippen molar-refractivity contribution >= 4 is 21.9 Å². The van der Waals surface area contributed by atoms with Crippen LogP contribution in [-0.4, -0.2) is 66.5 Å². The molecule has 22 heavy (non-hydrogen) atoms. The lowest BCUT2D eigenvalue weighted by Crippen LogP contribution is -2.43. The molecule has 0 saturated carbocycles. The first-order valence-corrected chi connectivity index (χ1v) is 9.69. The second-order valence-corrected chi connectivity index (χ2v) is 8.57. The van der Waals surface area contributed by atoms with E-state index in [0.29, 0.717) is 19.1 Å². The third kappa shape index (κ3) is 6.55. The molecule has 0 amide bonds. The minimum atomic E-state index is -0.0634. The van der Waals surface area contributed by atoms with Crippen LogP contribution >= 0.6 is 15.9 Å². The van der Waals surface area contributed by atoms with Crippen LogP contribution < -0.4 is 0 Å². The van der Waals surface area contributed by atoms with Gasteiger partial charge in [0.1, 0.15) is 0 Å². The molecule has 0 aromatic carbocycles. The summed E-state index contributed by atoms with van der Waals surface area (Å²) < 4.78 is 5.27. The molecule has 2 heterocycles. The Kier molecular flexibility index (Phi) is 7.65. The van der Waals surface area contributed by atoms with Gasteiger partial charge in [0.2, 0.25) is 0 Å². The Balaban J connectivity index is 1.60. The zero-order valence-electron chi connectivity index (χ0n) is 14.1. The van der Waals surface area contributed by atoms with Crippen LogP contribution in [0.25, 0.3) is 0 Å². The van der Waals surface area contributed by atoms with Gasteiger partial charge in [0.25, 0.3) is 0 Å². The van der Waals surface area contributed by atoms with E-state index in [1.807, 2.05) is 0 Å². The first-order chi connectivity index (χ1) is 10.5. The van der Waals surface area contributed by atoms with Crippen molar-refractivity contribution in [2.24, 2.45) is 11.8 Å². The fourth-order valence-corrected chi connectivity index (χ4v) is 3.67. The van der Waals surface area contributed by atoms with Gasteiger partial charge >= 0.3 is 5.97 Å². The number of rotatable bonds is 6. The fraction of sp³-hybridized carbons (Fsp3) is 0.941. The second kappa shape index (κ2) is 9.24. The third-order valence-corrected chi connectivity index (χ3v) is 5.59. The molecule has 5 heteroatoms. The Morgan fingerprint density at radius 3 is 2.27 bits per heavy atom. The number of alkyl halides is 1. The standard InChI is InChI=1S/C17H31BrN2O2/c1-14(2)13-22-17(21)12-20-7-3-15(4-8-20)11-19-9-5-16(18)6-10-19/h14-16H,3-13H2,1-2H3. The average molecular weight is 375 g/mol. The molecule has 128 valence electrons. The lowest BCUT2D eigenvalue weighted by atomic mass is 9.95. The maximum Gasteiger partial charge on any atom is 0.320 e. The maximum atomic E-state index is 11.8. The van der Waals surface area contributed by atoms with Gasteiger partial charge in [-0.15, -0.1) is 0 Å². The molecule has 2 fully saturated rings. The molecule has 0 N–H and O–H groups in total. The van der Waals surface area contributed by atoms with Gasteiger partial charge in [-0.3, -0.25) is 9.69 Å². The Hall–Kier alpha value is -0.130. The number of likely N-dealkylation sites (tertiary alicyclic amines) is 2. The minimum Gasteiger partial charge on any atom is -0.464 e. The summed E-state index contributed by atoms with van der Waals surface area (Å²) in [6.07, 6.45) is 4.98. The molecule has 0 atom stereocenters. The summed E-state index contributed by atoms with van der Waals surface area (Å²) in [5.74, 6) is 1.15. The van der Waals surface area contributed by atoms with Crippen molar-refractivity contribution in [2.75, 3.05) is 45.9 Å². The summed E-state index contributed by atoms with van der Waals surface area (Å²) in [5, 5.41) is 0. The zero-order valence-corrected chi connectivity index (χ0v) is 15.7. The van der Waals surface area contributed by atoms with Crippen LogP contribution in [-0.2, 0) is 9.53 Å². The number of carbonyl (C=O) groups is 1. The predicted molar refractivity (Wildman–Crippen MR) is 93.4 cm³/mol. The van der Waals surface area contributed by atoms with Gasteiger partial charge in [-0.2, -0.15) is 0 Å². The number of ether oxygens (including phenoxy) is 1. The fourth-order valence-electron chi connectivity index (χ4n) is 3.26. The van der Waals surface area contributed by atoms with Crippen molar-refractivity contribution in [2.45, 2.75) is 44.4 Å². The molecule has 2 rings (SSSR count). The van der Waals surface area contributed by atoms with E-state index in [2.05, 4.69) is 39.6 Å². The van der Waals surface area contributed by atoms with Crippen LogP contribution in [0.3, 0.4) is 0 Å². The normalized spacial score (nSPS) is 23.1. The topological polar surface area (TPSA) is 32.8 Å². The van der Waals surface area contributed by atoms with Crippen molar-refractivity contribution < 1.29 is 9.53 Å². The van der Waals surface area contributed by atoms with Gasteiger partial charge in [-0.1, -0.05) is 29.8 Å². The van der Waals surface area contributed by atoms with Crippen molar-refractivity contribution in [3.63, 3.8) is 0 Å². The highest BCUT2D eigenvalue weighted by Gasteiger charge is 2.25. The summed E-state index contributed by atoms with van der Waals surface area (Å²) in [6, 6.07) is 0. The number of nitrogens with zero attached hydrogens (tertiary/aromatic N) is 2. The Labute approximate surface area is 143 Å². The van der Waals surface area contributed by atoms with E-state index in [1.165, 1.54) is 45.3 Å². The smallest absolute Gasteiger partial charge is 0.320 e. The molecule has 2 aliphatic rings. The molecule has 4 nitrogen and oxygen atoms in total. The quantitative estimate of drug-likeness (QED) is 0.528. The van der Waals surface area contributed by atoms with Gasteiger partial charge in [-0.05, 0) is 63.7 Å². The molecule has 0 aliphatic carbocycles. The third-order valence-electron chi connectivity index (χ3n) is 4.67. The molecule has 0 bridgehead atoms. The average Bonchev–Trinajstić information content (AvgIpc) is 2.49. The molecule has 2 saturated heterocycles. The SMILES string of the molecule is CC(C)COC(=O)CN1CCC(CN2CCC(Br)CC2)CC1. The lowest BCUT2D eigenvalue weighted by molar-refractivity contribution is -0.146. The molecule has 0 unspecified atom stereocenters. The van der Waals surface area contributed by atoms with Gasteiger partial charge in [0.15, 0.2) is 0 Å². The highest BCUT2D eigenvalue weighted by atomic mass is 79.9. The molecule has 2 aliphatic heterocycles. The van der Waals surface area contributed by atoms with E-state index < -0.39 is 0 Å². The molecule has 0 radical (unpaired) electrons. The minimum absolute atomic E-state index is 0.0634. The first kappa shape index (κ1) is 18.2. The number of hydrogen-bond acceptors (Lipinski definition) is 4. The number of halogens is 1. The predicted octanol–water partition coefficient (Wildman–Crippen LogP) is 2.76. The van der Waals surface area contributed by atoms with Crippen LogP contribution in [0, 0.1) is 11.8 Å². The summed E-state index contributed by atoms with van der Waals surface area (Å²) in [4.78, 5) is 17.4.